The lowest BCUT2D eigenvalue weighted by Gasteiger charge is -2.17. The number of amides is 2. The third-order valence-electron chi connectivity index (χ3n) is 2.35. The lowest BCUT2D eigenvalue weighted by Crippen LogP contribution is -2.48. The van der Waals surface area contributed by atoms with Crippen molar-refractivity contribution in [3.63, 3.8) is 0 Å². The quantitative estimate of drug-likeness (QED) is 0.569. The van der Waals surface area contributed by atoms with E-state index in [-0.39, 0.29) is 6.04 Å². The molecule has 0 aromatic rings. The first-order chi connectivity index (χ1) is 8.01. The van der Waals surface area contributed by atoms with Gasteiger partial charge in [-0.3, -0.25) is 0 Å². The van der Waals surface area contributed by atoms with Gasteiger partial charge in [-0.2, -0.15) is 0 Å². The highest BCUT2D eigenvalue weighted by Gasteiger charge is 2.19. The monoisotopic (exact) mass is 242 g/mol. The molecule has 0 aromatic heterocycles. The minimum atomic E-state index is -0.995. The van der Waals surface area contributed by atoms with Gasteiger partial charge < -0.3 is 15.7 Å². The number of hydrogen-bond acceptors (Lipinski definition) is 2. The Morgan fingerprint density at radius 3 is 2.53 bits per heavy atom. The van der Waals surface area contributed by atoms with E-state index < -0.39 is 18.0 Å². The van der Waals surface area contributed by atoms with Gasteiger partial charge in [0.05, 0.1) is 0 Å². The van der Waals surface area contributed by atoms with Crippen LogP contribution in [0.3, 0.4) is 0 Å². The summed E-state index contributed by atoms with van der Waals surface area (Å²) < 4.78 is 0. The molecule has 0 fully saturated rings. The van der Waals surface area contributed by atoms with E-state index >= 15 is 0 Å². The number of rotatable bonds is 8. The molecular formula is C12H22N2O3. The molecule has 0 saturated heterocycles. The highest BCUT2D eigenvalue weighted by molar-refractivity contribution is 5.82. The van der Waals surface area contributed by atoms with Crippen molar-refractivity contribution in [3.05, 3.63) is 12.7 Å². The van der Waals surface area contributed by atoms with Crippen LogP contribution in [0.4, 0.5) is 4.79 Å². The minimum Gasteiger partial charge on any atom is -0.480 e. The standard InChI is InChI=1S/C12H22N2O3/c1-4-6-8-10(11(15)16)14-12(17)13-9(3)7-5-2/h5,9-10H,2,4,6-8H2,1,3H3,(H,15,16)(H2,13,14,17). The molecule has 0 heterocycles. The molecule has 0 aliphatic rings. The maximum absolute atomic E-state index is 11.5. The van der Waals surface area contributed by atoms with E-state index in [9.17, 15) is 9.59 Å². The van der Waals surface area contributed by atoms with Crippen LogP contribution in [0.15, 0.2) is 12.7 Å². The molecule has 0 saturated carbocycles. The van der Waals surface area contributed by atoms with Gasteiger partial charge in [-0.1, -0.05) is 25.8 Å². The fourth-order valence-electron chi connectivity index (χ4n) is 1.40. The van der Waals surface area contributed by atoms with Crippen LogP contribution in [0.1, 0.15) is 39.5 Å². The summed E-state index contributed by atoms with van der Waals surface area (Å²) in [5.41, 5.74) is 0. The van der Waals surface area contributed by atoms with Crippen LogP contribution in [-0.4, -0.2) is 29.2 Å². The first kappa shape index (κ1) is 15.5. The summed E-state index contributed by atoms with van der Waals surface area (Å²) in [4.78, 5) is 22.4. The zero-order valence-electron chi connectivity index (χ0n) is 10.5. The zero-order valence-corrected chi connectivity index (χ0v) is 10.5. The number of urea groups is 1. The predicted molar refractivity (Wildman–Crippen MR) is 66.9 cm³/mol. The fraction of sp³-hybridized carbons (Fsp3) is 0.667. The Morgan fingerprint density at radius 1 is 1.41 bits per heavy atom. The highest BCUT2D eigenvalue weighted by Crippen LogP contribution is 2.01. The van der Waals surface area contributed by atoms with Crippen molar-refractivity contribution in [3.8, 4) is 0 Å². The van der Waals surface area contributed by atoms with Crippen LogP contribution in [0.25, 0.3) is 0 Å². The van der Waals surface area contributed by atoms with Crippen molar-refractivity contribution >= 4 is 12.0 Å². The summed E-state index contributed by atoms with van der Waals surface area (Å²) in [6, 6.07) is -1.30. The molecule has 98 valence electrons. The second kappa shape index (κ2) is 8.61. The Labute approximate surface area is 102 Å². The van der Waals surface area contributed by atoms with Crippen molar-refractivity contribution in [2.45, 2.75) is 51.6 Å². The van der Waals surface area contributed by atoms with Crippen molar-refractivity contribution in [2.24, 2.45) is 0 Å². The molecule has 2 atom stereocenters. The molecular weight excluding hydrogens is 220 g/mol. The molecule has 0 aliphatic carbocycles. The SMILES string of the molecule is C=CCC(C)NC(=O)NC(CCCC)C(=O)O. The van der Waals surface area contributed by atoms with Crippen molar-refractivity contribution in [1.29, 1.82) is 0 Å². The van der Waals surface area contributed by atoms with Gasteiger partial charge in [-0.05, 0) is 19.8 Å². The van der Waals surface area contributed by atoms with Gasteiger partial charge in [0, 0.05) is 6.04 Å². The number of nitrogens with one attached hydrogen (secondary N) is 2. The Bertz CT molecular complexity index is 266. The van der Waals surface area contributed by atoms with Crippen molar-refractivity contribution in [2.75, 3.05) is 0 Å². The Morgan fingerprint density at radius 2 is 2.06 bits per heavy atom. The molecule has 5 heteroatoms. The highest BCUT2D eigenvalue weighted by atomic mass is 16.4. The number of aliphatic carboxylic acids is 1. The number of carboxylic acids is 1. The van der Waals surface area contributed by atoms with Crippen LogP contribution >= 0.6 is 0 Å². The van der Waals surface area contributed by atoms with E-state index in [1.807, 2.05) is 13.8 Å². The summed E-state index contributed by atoms with van der Waals surface area (Å²) >= 11 is 0. The van der Waals surface area contributed by atoms with E-state index in [4.69, 9.17) is 5.11 Å². The first-order valence-electron chi connectivity index (χ1n) is 5.92. The summed E-state index contributed by atoms with van der Waals surface area (Å²) in [7, 11) is 0. The third kappa shape index (κ3) is 7.38. The van der Waals surface area contributed by atoms with Gasteiger partial charge in [0.1, 0.15) is 6.04 Å². The average molecular weight is 242 g/mol. The Kier molecular flexibility index (Phi) is 7.84. The average Bonchev–Trinajstić information content (AvgIpc) is 2.23. The van der Waals surface area contributed by atoms with Crippen molar-refractivity contribution < 1.29 is 14.7 Å². The van der Waals surface area contributed by atoms with Gasteiger partial charge in [-0.25, -0.2) is 9.59 Å². The van der Waals surface area contributed by atoms with E-state index in [0.717, 1.165) is 12.8 Å². The van der Waals surface area contributed by atoms with Gasteiger partial charge in [0.25, 0.3) is 0 Å². The molecule has 2 amide bonds. The number of hydrogen-bond donors (Lipinski definition) is 3. The molecule has 0 radical (unpaired) electrons. The van der Waals surface area contributed by atoms with Gasteiger partial charge in [0.2, 0.25) is 0 Å². The lowest BCUT2D eigenvalue weighted by atomic mass is 10.1. The molecule has 0 spiro atoms. The molecule has 17 heavy (non-hydrogen) atoms. The molecule has 0 aromatic carbocycles. The summed E-state index contributed by atoms with van der Waals surface area (Å²) in [5, 5.41) is 14.0. The molecule has 0 bridgehead atoms. The van der Waals surface area contributed by atoms with E-state index in [1.54, 1.807) is 6.08 Å². The molecule has 0 aliphatic heterocycles. The van der Waals surface area contributed by atoms with E-state index in [0.29, 0.717) is 12.8 Å². The Hall–Kier alpha value is -1.52. The summed E-state index contributed by atoms with van der Waals surface area (Å²) in [6.45, 7) is 7.39. The van der Waals surface area contributed by atoms with Gasteiger partial charge >= 0.3 is 12.0 Å². The van der Waals surface area contributed by atoms with Crippen LogP contribution in [0, 0.1) is 0 Å². The van der Waals surface area contributed by atoms with E-state index in [1.165, 1.54) is 0 Å². The smallest absolute Gasteiger partial charge is 0.326 e. The number of carbonyl (C=O) groups is 2. The molecule has 3 N–H and O–H groups in total. The number of carboxylic acid groups (broad SMARTS) is 1. The molecule has 5 nitrogen and oxygen atoms in total. The summed E-state index contributed by atoms with van der Waals surface area (Å²) in [5.74, 6) is -0.995. The number of carbonyl (C=O) groups excluding carboxylic acids is 1. The van der Waals surface area contributed by atoms with Gasteiger partial charge in [-0.15, -0.1) is 6.58 Å². The maximum atomic E-state index is 11.5. The van der Waals surface area contributed by atoms with E-state index in [2.05, 4.69) is 17.2 Å². The predicted octanol–water partition coefficient (Wildman–Crippen LogP) is 1.89. The molecule has 2 unspecified atom stereocenters. The van der Waals surface area contributed by atoms with Crippen molar-refractivity contribution in [1.82, 2.24) is 10.6 Å². The second-order valence-corrected chi connectivity index (χ2v) is 4.08. The van der Waals surface area contributed by atoms with Crippen LogP contribution < -0.4 is 10.6 Å². The largest absolute Gasteiger partial charge is 0.480 e. The minimum absolute atomic E-state index is 0.0480. The second-order valence-electron chi connectivity index (χ2n) is 4.08. The number of unbranched alkanes of at least 4 members (excludes halogenated alkanes) is 1. The van der Waals surface area contributed by atoms with Crippen LogP contribution in [0.2, 0.25) is 0 Å². The lowest BCUT2D eigenvalue weighted by molar-refractivity contribution is -0.139. The normalized spacial score (nSPS) is 13.5. The van der Waals surface area contributed by atoms with Crippen LogP contribution in [0.5, 0.6) is 0 Å². The summed E-state index contributed by atoms with van der Waals surface area (Å²) in [6.07, 6.45) is 4.49. The topological polar surface area (TPSA) is 78.4 Å². The van der Waals surface area contributed by atoms with Crippen LogP contribution in [-0.2, 0) is 4.79 Å². The molecule has 0 rings (SSSR count). The van der Waals surface area contributed by atoms with Gasteiger partial charge in [0.15, 0.2) is 0 Å². The fourth-order valence-corrected chi connectivity index (χ4v) is 1.40. The maximum Gasteiger partial charge on any atom is 0.326 e. The first-order valence-corrected chi connectivity index (χ1v) is 5.92. The zero-order chi connectivity index (χ0) is 13.3. The third-order valence-corrected chi connectivity index (χ3v) is 2.35. The Balaban J connectivity index is 4.11.